The molecule has 0 aromatic heterocycles. The zero-order chi connectivity index (χ0) is 18.8. The van der Waals surface area contributed by atoms with Crippen molar-refractivity contribution in [2.24, 2.45) is 0 Å². The molecule has 0 atom stereocenters. The van der Waals surface area contributed by atoms with E-state index in [-0.39, 0.29) is 30.1 Å². The monoisotopic (exact) mass is 348 g/mol. The number of aromatic hydroxyl groups is 1. The third-order valence-corrected chi connectivity index (χ3v) is 2.81. The SMILES string of the molecule is O=C(O)c1ccc(C(=O)O)cc1.O=C(OCCO)c1ccc(O)cc1. The maximum Gasteiger partial charge on any atom is 0.338 e. The Morgan fingerprint density at radius 1 is 0.760 bits per heavy atom. The van der Waals surface area contributed by atoms with Crippen LogP contribution in [0.3, 0.4) is 0 Å². The number of aliphatic hydroxyl groups excluding tert-OH is 1. The standard InChI is InChI=1S/C9H10O4.C8H6O4/c10-5-6-13-9(12)7-1-3-8(11)4-2-7;9-7(10)5-1-2-6(4-3-5)8(11)12/h1-4,10-11H,5-6H2;1-4H,(H,9,10)(H,11,12). The third-order valence-electron chi connectivity index (χ3n) is 2.81. The molecule has 132 valence electrons. The summed E-state index contributed by atoms with van der Waals surface area (Å²) in [7, 11) is 0. The van der Waals surface area contributed by atoms with Crippen LogP contribution < -0.4 is 0 Å². The second-order valence-electron chi connectivity index (χ2n) is 4.59. The number of rotatable bonds is 5. The molecule has 8 heteroatoms. The molecule has 0 bridgehead atoms. The molecule has 0 saturated carbocycles. The fourth-order valence-corrected chi connectivity index (χ4v) is 1.57. The summed E-state index contributed by atoms with van der Waals surface area (Å²) in [5.74, 6) is -2.54. The number of carbonyl (C=O) groups is 3. The average Bonchev–Trinajstić information content (AvgIpc) is 2.60. The van der Waals surface area contributed by atoms with Gasteiger partial charge in [-0.3, -0.25) is 0 Å². The normalized spacial score (nSPS) is 9.48. The van der Waals surface area contributed by atoms with Crippen LogP contribution in [-0.4, -0.2) is 51.5 Å². The van der Waals surface area contributed by atoms with E-state index in [1.807, 2.05) is 0 Å². The van der Waals surface area contributed by atoms with Gasteiger partial charge in [-0.25, -0.2) is 14.4 Å². The van der Waals surface area contributed by atoms with Gasteiger partial charge in [-0.05, 0) is 48.5 Å². The van der Waals surface area contributed by atoms with E-state index in [0.717, 1.165) is 0 Å². The van der Waals surface area contributed by atoms with Gasteiger partial charge in [0.1, 0.15) is 12.4 Å². The highest BCUT2D eigenvalue weighted by atomic mass is 16.5. The average molecular weight is 348 g/mol. The number of carbonyl (C=O) groups excluding carboxylic acids is 1. The first-order chi connectivity index (χ1) is 11.8. The lowest BCUT2D eigenvalue weighted by Crippen LogP contribution is -2.08. The minimum Gasteiger partial charge on any atom is -0.508 e. The molecule has 2 rings (SSSR count). The summed E-state index contributed by atoms with van der Waals surface area (Å²) in [6.07, 6.45) is 0. The van der Waals surface area contributed by atoms with Crippen molar-refractivity contribution in [3.63, 3.8) is 0 Å². The highest BCUT2D eigenvalue weighted by Crippen LogP contribution is 2.10. The van der Waals surface area contributed by atoms with E-state index in [1.54, 1.807) is 0 Å². The van der Waals surface area contributed by atoms with E-state index >= 15 is 0 Å². The maximum absolute atomic E-state index is 11.1. The topological polar surface area (TPSA) is 141 Å². The predicted molar refractivity (Wildman–Crippen MR) is 85.8 cm³/mol. The van der Waals surface area contributed by atoms with Gasteiger partial charge in [-0.2, -0.15) is 0 Å². The van der Waals surface area contributed by atoms with Gasteiger partial charge in [0.2, 0.25) is 0 Å². The summed E-state index contributed by atoms with van der Waals surface area (Å²) in [6.45, 7) is -0.205. The van der Waals surface area contributed by atoms with E-state index in [2.05, 4.69) is 4.74 Å². The van der Waals surface area contributed by atoms with Crippen LogP contribution in [0.1, 0.15) is 31.1 Å². The van der Waals surface area contributed by atoms with Crippen LogP contribution in [0.15, 0.2) is 48.5 Å². The van der Waals surface area contributed by atoms with E-state index in [4.69, 9.17) is 20.4 Å². The lowest BCUT2D eigenvalue weighted by Gasteiger charge is -2.01. The first-order valence-electron chi connectivity index (χ1n) is 6.98. The number of ether oxygens (including phenoxy) is 1. The van der Waals surface area contributed by atoms with E-state index < -0.39 is 17.9 Å². The molecule has 0 fully saturated rings. The molecule has 0 heterocycles. The molecule has 2 aromatic carbocycles. The van der Waals surface area contributed by atoms with Crippen molar-refractivity contribution in [1.82, 2.24) is 0 Å². The van der Waals surface area contributed by atoms with Crippen molar-refractivity contribution < 1.29 is 39.5 Å². The van der Waals surface area contributed by atoms with E-state index in [9.17, 15) is 14.4 Å². The van der Waals surface area contributed by atoms with E-state index in [1.165, 1.54) is 48.5 Å². The Hall–Kier alpha value is -3.39. The fraction of sp³-hybridized carbons (Fsp3) is 0.118. The number of phenolic OH excluding ortho intramolecular Hbond substituents is 1. The molecule has 0 radical (unpaired) electrons. The largest absolute Gasteiger partial charge is 0.508 e. The number of hydrogen-bond acceptors (Lipinski definition) is 6. The minimum atomic E-state index is -1.06. The molecule has 0 amide bonds. The molecular weight excluding hydrogens is 332 g/mol. The van der Waals surface area contributed by atoms with E-state index in [0.29, 0.717) is 5.56 Å². The van der Waals surface area contributed by atoms with Gasteiger partial charge in [0, 0.05) is 0 Å². The molecule has 0 unspecified atom stereocenters. The van der Waals surface area contributed by atoms with Crippen molar-refractivity contribution >= 4 is 17.9 Å². The van der Waals surface area contributed by atoms with Gasteiger partial charge >= 0.3 is 17.9 Å². The molecule has 0 aliphatic carbocycles. The number of carboxylic acid groups (broad SMARTS) is 2. The molecule has 0 aliphatic rings. The van der Waals surface area contributed by atoms with Crippen molar-refractivity contribution in [1.29, 1.82) is 0 Å². The summed E-state index contributed by atoms with van der Waals surface area (Å²) in [4.78, 5) is 31.8. The fourth-order valence-electron chi connectivity index (χ4n) is 1.57. The zero-order valence-electron chi connectivity index (χ0n) is 13.0. The summed E-state index contributed by atoms with van der Waals surface area (Å²) in [5.41, 5.74) is 0.520. The van der Waals surface area contributed by atoms with Crippen molar-refractivity contribution in [2.45, 2.75) is 0 Å². The quantitative estimate of drug-likeness (QED) is 0.597. The number of esters is 1. The molecule has 0 aliphatic heterocycles. The van der Waals surface area contributed by atoms with Gasteiger partial charge in [0.15, 0.2) is 0 Å². The van der Waals surface area contributed by atoms with Gasteiger partial charge in [0.25, 0.3) is 0 Å². The van der Waals surface area contributed by atoms with Crippen LogP contribution in [0.4, 0.5) is 0 Å². The lowest BCUT2D eigenvalue weighted by molar-refractivity contribution is 0.0433. The summed E-state index contributed by atoms with van der Waals surface area (Å²) < 4.78 is 4.65. The van der Waals surface area contributed by atoms with Crippen molar-refractivity contribution in [2.75, 3.05) is 13.2 Å². The van der Waals surface area contributed by atoms with Crippen LogP contribution >= 0.6 is 0 Å². The maximum atomic E-state index is 11.1. The number of aromatic carboxylic acids is 2. The summed E-state index contributed by atoms with van der Waals surface area (Å²) >= 11 is 0. The Kier molecular flexibility index (Phi) is 7.61. The second kappa shape index (κ2) is 9.68. The van der Waals surface area contributed by atoms with Gasteiger partial charge < -0.3 is 25.2 Å². The molecule has 0 spiro atoms. The van der Waals surface area contributed by atoms with Crippen molar-refractivity contribution in [3.8, 4) is 5.75 Å². The molecule has 0 saturated heterocycles. The second-order valence-corrected chi connectivity index (χ2v) is 4.59. The first-order valence-corrected chi connectivity index (χ1v) is 6.98. The third kappa shape index (κ3) is 6.71. The Morgan fingerprint density at radius 2 is 1.16 bits per heavy atom. The molecule has 25 heavy (non-hydrogen) atoms. The van der Waals surface area contributed by atoms with Crippen LogP contribution in [0.25, 0.3) is 0 Å². The predicted octanol–water partition coefficient (Wildman–Crippen LogP) is 1.62. The lowest BCUT2D eigenvalue weighted by atomic mass is 10.1. The highest BCUT2D eigenvalue weighted by molar-refractivity contribution is 5.91. The Bertz CT molecular complexity index is 686. The first kappa shape index (κ1) is 19.7. The van der Waals surface area contributed by atoms with Gasteiger partial charge in [-0.15, -0.1) is 0 Å². The van der Waals surface area contributed by atoms with Crippen molar-refractivity contribution in [3.05, 3.63) is 65.2 Å². The number of carboxylic acids is 2. The zero-order valence-corrected chi connectivity index (χ0v) is 13.0. The van der Waals surface area contributed by atoms with Crippen LogP contribution in [0.2, 0.25) is 0 Å². The minimum absolute atomic E-state index is 0.0142. The smallest absolute Gasteiger partial charge is 0.338 e. The summed E-state index contributed by atoms with van der Waals surface area (Å²) in [6, 6.07) is 10.7. The van der Waals surface area contributed by atoms with Crippen LogP contribution in [0, 0.1) is 0 Å². The Balaban J connectivity index is 0.000000251. The highest BCUT2D eigenvalue weighted by Gasteiger charge is 2.06. The number of phenols is 1. The Morgan fingerprint density at radius 3 is 1.52 bits per heavy atom. The van der Waals surface area contributed by atoms with Crippen LogP contribution in [0.5, 0.6) is 5.75 Å². The number of aliphatic hydroxyl groups is 1. The molecule has 2 aromatic rings. The summed E-state index contributed by atoms with van der Waals surface area (Å²) in [5, 5.41) is 34.2. The molecular formula is C17H16O8. The number of benzene rings is 2. The van der Waals surface area contributed by atoms with Gasteiger partial charge in [0.05, 0.1) is 23.3 Å². The molecule has 4 N–H and O–H groups in total. The Labute approximate surface area is 142 Å². The molecule has 8 nitrogen and oxygen atoms in total. The van der Waals surface area contributed by atoms with Crippen LogP contribution in [-0.2, 0) is 4.74 Å². The number of hydrogen-bond donors (Lipinski definition) is 4. The van der Waals surface area contributed by atoms with Gasteiger partial charge in [-0.1, -0.05) is 0 Å².